The summed E-state index contributed by atoms with van der Waals surface area (Å²) in [5, 5.41) is 0. The quantitative estimate of drug-likeness (QED) is 0.499. The number of halogens is 3. The molecule has 0 heterocycles. The lowest BCUT2D eigenvalue weighted by molar-refractivity contribution is -0.171. The minimum atomic E-state index is -4.27. The molecule has 0 aliphatic rings. The Hall–Kier alpha value is -0.740. The van der Waals surface area contributed by atoms with Gasteiger partial charge in [0.05, 0.1) is 6.42 Å². The molecule has 0 N–H and O–H groups in total. The standard InChI is InChI=1S/C11H19F3O2/c1-3-4-5-6-7-10(16-9(2)15)8-11(12,13)14/h10H,3-8H2,1-2H3. The Morgan fingerprint density at radius 3 is 2.31 bits per heavy atom. The molecule has 16 heavy (non-hydrogen) atoms. The van der Waals surface area contributed by atoms with Crippen molar-refractivity contribution in [3.05, 3.63) is 0 Å². The summed E-state index contributed by atoms with van der Waals surface area (Å²) in [6.45, 7) is 3.16. The fourth-order valence-electron chi connectivity index (χ4n) is 1.49. The van der Waals surface area contributed by atoms with Crippen molar-refractivity contribution in [2.24, 2.45) is 0 Å². The van der Waals surface area contributed by atoms with Crippen LogP contribution in [0, 0.1) is 0 Å². The third-order valence-electron chi connectivity index (χ3n) is 2.17. The Labute approximate surface area is 94.2 Å². The number of unbranched alkanes of at least 4 members (excludes halogenated alkanes) is 3. The normalized spacial score (nSPS) is 13.6. The molecule has 0 rings (SSSR count). The maximum absolute atomic E-state index is 12.1. The zero-order valence-corrected chi connectivity index (χ0v) is 9.77. The summed E-state index contributed by atoms with van der Waals surface area (Å²) >= 11 is 0. The van der Waals surface area contributed by atoms with Crippen LogP contribution >= 0.6 is 0 Å². The molecule has 0 spiro atoms. The van der Waals surface area contributed by atoms with Gasteiger partial charge in [0.15, 0.2) is 0 Å². The lowest BCUT2D eigenvalue weighted by Gasteiger charge is -2.18. The lowest BCUT2D eigenvalue weighted by atomic mass is 10.1. The zero-order chi connectivity index (χ0) is 12.6. The summed E-state index contributed by atoms with van der Waals surface area (Å²) < 4.78 is 41.1. The molecule has 1 atom stereocenters. The van der Waals surface area contributed by atoms with E-state index in [1.165, 1.54) is 0 Å². The fraction of sp³-hybridized carbons (Fsp3) is 0.909. The minimum Gasteiger partial charge on any atom is -0.462 e. The summed E-state index contributed by atoms with van der Waals surface area (Å²) in [5.74, 6) is -0.648. The van der Waals surface area contributed by atoms with Crippen molar-refractivity contribution in [3.63, 3.8) is 0 Å². The van der Waals surface area contributed by atoms with E-state index in [0.29, 0.717) is 12.8 Å². The number of esters is 1. The van der Waals surface area contributed by atoms with Crippen molar-refractivity contribution in [2.45, 2.75) is 64.7 Å². The molecule has 0 aliphatic carbocycles. The van der Waals surface area contributed by atoms with Crippen molar-refractivity contribution in [1.82, 2.24) is 0 Å². The van der Waals surface area contributed by atoms with Crippen LogP contribution in [0.3, 0.4) is 0 Å². The first kappa shape index (κ1) is 15.3. The molecule has 0 amide bonds. The minimum absolute atomic E-state index is 0.291. The van der Waals surface area contributed by atoms with Gasteiger partial charge in [-0.2, -0.15) is 13.2 Å². The van der Waals surface area contributed by atoms with Gasteiger partial charge < -0.3 is 4.74 Å². The van der Waals surface area contributed by atoms with E-state index in [-0.39, 0.29) is 0 Å². The molecular formula is C11H19F3O2. The summed E-state index contributed by atoms with van der Waals surface area (Å²) in [7, 11) is 0. The molecule has 2 nitrogen and oxygen atoms in total. The van der Waals surface area contributed by atoms with Gasteiger partial charge in [0.2, 0.25) is 0 Å². The van der Waals surface area contributed by atoms with Crippen LogP contribution in [-0.4, -0.2) is 18.2 Å². The van der Waals surface area contributed by atoms with Gasteiger partial charge in [-0.05, 0) is 12.8 Å². The van der Waals surface area contributed by atoms with Crippen molar-refractivity contribution in [2.75, 3.05) is 0 Å². The molecule has 0 aromatic rings. The van der Waals surface area contributed by atoms with Gasteiger partial charge in [-0.3, -0.25) is 4.79 Å². The van der Waals surface area contributed by atoms with Crippen LogP contribution < -0.4 is 0 Å². The second kappa shape index (κ2) is 7.52. The van der Waals surface area contributed by atoms with E-state index in [9.17, 15) is 18.0 Å². The Balaban J connectivity index is 3.96. The van der Waals surface area contributed by atoms with Gasteiger partial charge >= 0.3 is 12.1 Å². The maximum atomic E-state index is 12.1. The lowest BCUT2D eigenvalue weighted by Crippen LogP contribution is -2.24. The molecule has 0 saturated heterocycles. The Kier molecular flexibility index (Phi) is 7.17. The second-order valence-electron chi connectivity index (χ2n) is 3.90. The van der Waals surface area contributed by atoms with Crippen LogP contribution in [0.25, 0.3) is 0 Å². The molecule has 0 saturated carbocycles. The first-order chi connectivity index (χ1) is 7.35. The third-order valence-corrected chi connectivity index (χ3v) is 2.17. The monoisotopic (exact) mass is 240 g/mol. The van der Waals surface area contributed by atoms with Crippen LogP contribution in [0.2, 0.25) is 0 Å². The Morgan fingerprint density at radius 1 is 1.25 bits per heavy atom. The van der Waals surface area contributed by atoms with Gasteiger partial charge in [-0.15, -0.1) is 0 Å². The molecule has 0 aromatic heterocycles. The SMILES string of the molecule is CCCCCCC(CC(F)(F)F)OC(C)=O. The topological polar surface area (TPSA) is 26.3 Å². The predicted molar refractivity (Wildman–Crippen MR) is 55.0 cm³/mol. The van der Waals surface area contributed by atoms with Crippen LogP contribution in [0.1, 0.15) is 52.4 Å². The average molecular weight is 240 g/mol. The summed E-state index contributed by atoms with van der Waals surface area (Å²) in [6, 6.07) is 0. The number of rotatable bonds is 7. The number of hydrogen-bond acceptors (Lipinski definition) is 2. The molecule has 1 unspecified atom stereocenters. The predicted octanol–water partition coefficient (Wildman–Crippen LogP) is 3.84. The molecule has 96 valence electrons. The number of hydrogen-bond donors (Lipinski definition) is 0. The highest BCUT2D eigenvalue weighted by atomic mass is 19.4. The molecule has 0 aliphatic heterocycles. The van der Waals surface area contributed by atoms with E-state index in [4.69, 9.17) is 0 Å². The molecule has 0 bridgehead atoms. The van der Waals surface area contributed by atoms with Gasteiger partial charge in [-0.1, -0.05) is 26.2 Å². The van der Waals surface area contributed by atoms with Gasteiger partial charge in [-0.25, -0.2) is 0 Å². The van der Waals surface area contributed by atoms with Crippen molar-refractivity contribution in [3.8, 4) is 0 Å². The largest absolute Gasteiger partial charge is 0.462 e. The highest BCUT2D eigenvalue weighted by Gasteiger charge is 2.33. The summed E-state index contributed by atoms with van der Waals surface area (Å²) in [5.41, 5.74) is 0. The zero-order valence-electron chi connectivity index (χ0n) is 9.77. The number of carbonyl (C=O) groups excluding carboxylic acids is 1. The van der Waals surface area contributed by atoms with E-state index in [0.717, 1.165) is 26.2 Å². The van der Waals surface area contributed by atoms with Crippen molar-refractivity contribution >= 4 is 5.97 Å². The third kappa shape index (κ3) is 9.80. The molecule has 5 heteroatoms. The summed E-state index contributed by atoms with van der Waals surface area (Å²) in [6.07, 6.45) is -2.47. The van der Waals surface area contributed by atoms with Crippen LogP contribution in [0.4, 0.5) is 13.2 Å². The van der Waals surface area contributed by atoms with Crippen molar-refractivity contribution < 1.29 is 22.7 Å². The number of alkyl halides is 3. The highest BCUT2D eigenvalue weighted by molar-refractivity contribution is 5.66. The van der Waals surface area contributed by atoms with E-state index in [1.807, 2.05) is 6.92 Å². The Bertz CT molecular complexity index is 202. The van der Waals surface area contributed by atoms with Gasteiger partial charge in [0.25, 0.3) is 0 Å². The average Bonchev–Trinajstić information content (AvgIpc) is 2.08. The Morgan fingerprint density at radius 2 is 1.88 bits per heavy atom. The molecule has 0 radical (unpaired) electrons. The molecular weight excluding hydrogens is 221 g/mol. The van der Waals surface area contributed by atoms with E-state index < -0.39 is 24.7 Å². The maximum Gasteiger partial charge on any atom is 0.392 e. The molecule has 0 fully saturated rings. The van der Waals surface area contributed by atoms with Crippen LogP contribution in [0.15, 0.2) is 0 Å². The van der Waals surface area contributed by atoms with Crippen LogP contribution in [0.5, 0.6) is 0 Å². The van der Waals surface area contributed by atoms with Gasteiger partial charge in [0, 0.05) is 6.92 Å². The van der Waals surface area contributed by atoms with E-state index in [1.54, 1.807) is 0 Å². The number of carbonyl (C=O) groups is 1. The summed E-state index contributed by atoms with van der Waals surface area (Å²) in [4.78, 5) is 10.6. The highest BCUT2D eigenvalue weighted by Crippen LogP contribution is 2.25. The molecule has 0 aromatic carbocycles. The van der Waals surface area contributed by atoms with E-state index in [2.05, 4.69) is 4.74 Å². The smallest absolute Gasteiger partial charge is 0.392 e. The van der Waals surface area contributed by atoms with Gasteiger partial charge in [0.1, 0.15) is 6.10 Å². The van der Waals surface area contributed by atoms with Crippen molar-refractivity contribution in [1.29, 1.82) is 0 Å². The second-order valence-corrected chi connectivity index (χ2v) is 3.90. The van der Waals surface area contributed by atoms with E-state index >= 15 is 0 Å². The first-order valence-electron chi connectivity index (χ1n) is 5.59. The first-order valence-corrected chi connectivity index (χ1v) is 5.59. The number of ether oxygens (including phenoxy) is 1. The van der Waals surface area contributed by atoms with Crippen LogP contribution in [-0.2, 0) is 9.53 Å². The fourth-order valence-corrected chi connectivity index (χ4v) is 1.49.